The normalized spacial score (nSPS) is 22.6. The van der Waals surface area contributed by atoms with Gasteiger partial charge in [-0.1, -0.05) is 48.9 Å². The van der Waals surface area contributed by atoms with Crippen LogP contribution in [0.1, 0.15) is 93.2 Å². The topological polar surface area (TPSA) is 90.0 Å². The van der Waals surface area contributed by atoms with Gasteiger partial charge in [-0.2, -0.15) is 13.2 Å². The third-order valence-electron chi connectivity index (χ3n) is 10.5. The van der Waals surface area contributed by atoms with Crippen molar-refractivity contribution >= 4 is 5.91 Å². The first-order valence-electron chi connectivity index (χ1n) is 16.8. The molecule has 0 saturated carbocycles. The molecule has 4 rings (SSSR count). The number of rotatable bonds is 13. The summed E-state index contributed by atoms with van der Waals surface area (Å²) < 4.78 is 57.9. The smallest absolute Gasteiger partial charge is 0.396 e. The van der Waals surface area contributed by atoms with Crippen molar-refractivity contribution in [3.8, 4) is 0 Å². The molecule has 6 nitrogen and oxygen atoms in total. The van der Waals surface area contributed by atoms with E-state index in [1.54, 1.807) is 20.8 Å². The van der Waals surface area contributed by atoms with Gasteiger partial charge in [0.25, 0.3) is 0 Å². The van der Waals surface area contributed by atoms with Crippen molar-refractivity contribution in [2.75, 3.05) is 32.8 Å². The first kappa shape index (κ1) is 37.8. The second kappa shape index (κ2) is 14.8. The summed E-state index contributed by atoms with van der Waals surface area (Å²) >= 11 is 0. The summed E-state index contributed by atoms with van der Waals surface area (Å²) in [5, 5.41) is 19.8. The number of aliphatic hydroxyl groups excluding tert-OH is 2. The van der Waals surface area contributed by atoms with Crippen LogP contribution in [-0.2, 0) is 22.2 Å². The average molecular weight is 674 g/mol. The quantitative estimate of drug-likeness (QED) is 0.120. The Labute approximate surface area is 282 Å². The number of amides is 1. The Morgan fingerprint density at radius 2 is 1.69 bits per heavy atom. The van der Waals surface area contributed by atoms with Gasteiger partial charge in [0.05, 0.1) is 11.6 Å². The van der Waals surface area contributed by atoms with Gasteiger partial charge < -0.3 is 20.8 Å². The summed E-state index contributed by atoms with van der Waals surface area (Å²) in [5.41, 5.74) is 4.80. The summed E-state index contributed by atoms with van der Waals surface area (Å²) in [6.45, 7) is 12.4. The minimum atomic E-state index is -4.70. The lowest BCUT2D eigenvalue weighted by Gasteiger charge is -2.45. The van der Waals surface area contributed by atoms with E-state index in [1.807, 2.05) is 36.1 Å². The predicted octanol–water partition coefficient (Wildman–Crippen LogP) is 7.08. The van der Waals surface area contributed by atoms with Gasteiger partial charge in [-0.3, -0.25) is 9.69 Å². The third-order valence-corrected chi connectivity index (χ3v) is 10.5. The molecule has 264 valence electrons. The highest BCUT2D eigenvalue weighted by Crippen LogP contribution is 2.48. The van der Waals surface area contributed by atoms with E-state index < -0.39 is 22.9 Å². The predicted molar refractivity (Wildman–Crippen MR) is 181 cm³/mol. The molecule has 2 heterocycles. The highest BCUT2D eigenvalue weighted by Gasteiger charge is 2.50. The number of hydrogen-bond acceptors (Lipinski definition) is 5. The SMILES string of the molecule is C=CCC(F)(CC)c1cc(C(F)(F)F)cc(C(C)(N)CC(C)=CC(=O)N2CCN3CC(CCO)(CCO)CC3C2c2ccccc2C)c1. The van der Waals surface area contributed by atoms with E-state index in [-0.39, 0.29) is 67.0 Å². The molecule has 4 unspecified atom stereocenters. The van der Waals surface area contributed by atoms with Gasteiger partial charge in [0, 0.05) is 56.9 Å². The van der Waals surface area contributed by atoms with E-state index in [4.69, 9.17) is 5.73 Å². The monoisotopic (exact) mass is 673 g/mol. The maximum Gasteiger partial charge on any atom is 0.416 e. The molecule has 2 fully saturated rings. The highest BCUT2D eigenvalue weighted by atomic mass is 19.4. The molecule has 0 bridgehead atoms. The van der Waals surface area contributed by atoms with Crippen LogP contribution in [0.25, 0.3) is 0 Å². The molecule has 0 aliphatic carbocycles. The number of allylic oxidation sites excluding steroid dienone is 1. The molecule has 2 aromatic rings. The van der Waals surface area contributed by atoms with E-state index in [1.165, 1.54) is 18.2 Å². The molecule has 0 spiro atoms. The van der Waals surface area contributed by atoms with Crippen LogP contribution in [-0.4, -0.2) is 64.8 Å². The summed E-state index contributed by atoms with van der Waals surface area (Å²) in [4.78, 5) is 18.4. The maximum absolute atomic E-state index is 15.9. The molecule has 2 saturated heterocycles. The largest absolute Gasteiger partial charge is 0.416 e. The molecule has 0 aromatic heterocycles. The summed E-state index contributed by atoms with van der Waals surface area (Å²) in [7, 11) is 0. The molecular formula is C38H51F4N3O3. The molecule has 1 amide bonds. The van der Waals surface area contributed by atoms with Gasteiger partial charge in [-0.25, -0.2) is 4.39 Å². The van der Waals surface area contributed by atoms with Crippen LogP contribution in [0.3, 0.4) is 0 Å². The van der Waals surface area contributed by atoms with Gasteiger partial charge in [-0.05, 0) is 92.7 Å². The number of alkyl halides is 4. The zero-order valence-corrected chi connectivity index (χ0v) is 28.6. The van der Waals surface area contributed by atoms with Crippen LogP contribution >= 0.6 is 0 Å². The van der Waals surface area contributed by atoms with E-state index in [9.17, 15) is 28.2 Å². The number of carbonyl (C=O) groups is 1. The summed E-state index contributed by atoms with van der Waals surface area (Å²) in [6, 6.07) is 10.9. The number of halogens is 4. The molecule has 2 aromatic carbocycles. The number of carbonyl (C=O) groups excluding carboxylic acids is 1. The lowest BCUT2D eigenvalue weighted by Crippen LogP contribution is -2.54. The molecule has 0 radical (unpaired) electrons. The van der Waals surface area contributed by atoms with Gasteiger partial charge in [-0.15, -0.1) is 6.58 Å². The van der Waals surface area contributed by atoms with Crippen molar-refractivity contribution in [3.63, 3.8) is 0 Å². The van der Waals surface area contributed by atoms with Gasteiger partial charge >= 0.3 is 6.18 Å². The minimum absolute atomic E-state index is 0.0183. The highest BCUT2D eigenvalue weighted by molar-refractivity contribution is 5.89. The van der Waals surface area contributed by atoms with E-state index in [0.717, 1.165) is 36.2 Å². The molecule has 48 heavy (non-hydrogen) atoms. The lowest BCUT2D eigenvalue weighted by molar-refractivity contribution is -0.137. The van der Waals surface area contributed by atoms with Crippen molar-refractivity contribution in [1.82, 2.24) is 9.80 Å². The Morgan fingerprint density at radius 1 is 1.06 bits per heavy atom. The van der Waals surface area contributed by atoms with Crippen LogP contribution in [0.2, 0.25) is 0 Å². The number of hydrogen-bond donors (Lipinski definition) is 3. The number of benzene rings is 2. The number of nitrogens with zero attached hydrogens (tertiary/aromatic N) is 2. The molecule has 4 atom stereocenters. The van der Waals surface area contributed by atoms with Crippen LogP contribution in [0.15, 0.2) is 66.8 Å². The van der Waals surface area contributed by atoms with Crippen LogP contribution in [0.4, 0.5) is 17.6 Å². The standard InChI is InChI=1S/C38H51F4N3O3/c1-6-12-37(39,7-2)29-20-28(21-30(22-29)38(40,41)42)35(5,43)23-26(3)19-33(48)45-16-15-44-25-36(13-17-46,14-18-47)24-32(44)34(45)31-11-9-8-10-27(31)4/h6,8-11,19-22,32,34,46-47H,1,7,12-18,23-25,43H2,2-5H3. The van der Waals surface area contributed by atoms with Crippen molar-refractivity contribution < 1.29 is 32.6 Å². The molecule has 2 aliphatic heterocycles. The van der Waals surface area contributed by atoms with Crippen molar-refractivity contribution in [1.29, 1.82) is 0 Å². The molecule has 2 aliphatic rings. The zero-order valence-electron chi connectivity index (χ0n) is 28.6. The fourth-order valence-corrected chi connectivity index (χ4v) is 7.93. The Bertz CT molecular complexity index is 1480. The Balaban J connectivity index is 1.67. The Morgan fingerprint density at radius 3 is 2.27 bits per heavy atom. The van der Waals surface area contributed by atoms with Gasteiger partial charge in [0.15, 0.2) is 0 Å². The van der Waals surface area contributed by atoms with E-state index >= 15 is 4.39 Å². The van der Waals surface area contributed by atoms with Crippen molar-refractivity contribution in [2.45, 2.75) is 95.7 Å². The number of fused-ring (bicyclic) bond motifs is 1. The van der Waals surface area contributed by atoms with Crippen LogP contribution in [0.5, 0.6) is 0 Å². The van der Waals surface area contributed by atoms with E-state index in [2.05, 4.69) is 11.5 Å². The Hall–Kier alpha value is -3.05. The number of aliphatic hydroxyl groups is 2. The van der Waals surface area contributed by atoms with Gasteiger partial charge in [0.2, 0.25) is 5.91 Å². The van der Waals surface area contributed by atoms with Crippen molar-refractivity contribution in [2.24, 2.45) is 11.1 Å². The lowest BCUT2D eigenvalue weighted by atomic mass is 9.77. The summed E-state index contributed by atoms with van der Waals surface area (Å²) in [6.07, 6.45) is -0.0814. The first-order chi connectivity index (χ1) is 22.5. The zero-order chi connectivity index (χ0) is 35.5. The van der Waals surface area contributed by atoms with E-state index in [0.29, 0.717) is 31.5 Å². The fraction of sp³-hybridized carbons (Fsp3) is 0.553. The first-order valence-corrected chi connectivity index (χ1v) is 16.8. The second-order valence-electron chi connectivity index (χ2n) is 14.2. The maximum atomic E-state index is 15.9. The molecular weight excluding hydrogens is 622 g/mol. The Kier molecular flexibility index (Phi) is 11.7. The second-order valence-corrected chi connectivity index (χ2v) is 14.2. The molecule has 4 N–H and O–H groups in total. The summed E-state index contributed by atoms with van der Waals surface area (Å²) in [5.74, 6) is -0.220. The average Bonchev–Trinajstić information content (AvgIpc) is 3.38. The van der Waals surface area contributed by atoms with Crippen LogP contribution in [0, 0.1) is 12.3 Å². The fourth-order valence-electron chi connectivity index (χ4n) is 7.93. The third kappa shape index (κ3) is 8.04. The number of nitrogens with two attached hydrogens (primary N) is 1. The molecule has 10 heteroatoms. The van der Waals surface area contributed by atoms with Crippen LogP contribution < -0.4 is 5.73 Å². The minimum Gasteiger partial charge on any atom is -0.396 e. The van der Waals surface area contributed by atoms with Crippen molar-refractivity contribution in [3.05, 3.63) is 94.6 Å². The number of piperazine rings is 1. The number of aryl methyl sites for hydroxylation is 1. The van der Waals surface area contributed by atoms with Gasteiger partial charge in [0.1, 0.15) is 5.67 Å².